The van der Waals surface area contributed by atoms with Crippen molar-refractivity contribution in [1.82, 2.24) is 5.32 Å². The molecule has 0 spiro atoms. The normalized spacial score (nSPS) is 13.1. The van der Waals surface area contributed by atoms with Gasteiger partial charge in [-0.15, -0.1) is 11.8 Å². The van der Waals surface area contributed by atoms with E-state index in [1.807, 2.05) is 35.6 Å². The van der Waals surface area contributed by atoms with E-state index in [0.29, 0.717) is 0 Å². The van der Waals surface area contributed by atoms with Crippen LogP contribution in [0.25, 0.3) is 0 Å². The van der Waals surface area contributed by atoms with Crippen LogP contribution in [0, 0.1) is 0 Å². The molecule has 0 aliphatic heterocycles. The minimum atomic E-state index is -1.08. The number of imide groups is 1. The Morgan fingerprint density at radius 3 is 2.35 bits per heavy atom. The predicted molar refractivity (Wildman–Crippen MR) is 75.0 cm³/mol. The van der Waals surface area contributed by atoms with Gasteiger partial charge in [0, 0.05) is 4.90 Å². The molecule has 1 rings (SSSR count). The van der Waals surface area contributed by atoms with Gasteiger partial charge in [-0.2, -0.15) is 0 Å². The van der Waals surface area contributed by atoms with Gasteiger partial charge in [-0.1, -0.05) is 18.2 Å². The summed E-state index contributed by atoms with van der Waals surface area (Å²) < 4.78 is 4.97. The highest BCUT2D eigenvalue weighted by atomic mass is 32.2. The number of rotatable bonds is 5. The van der Waals surface area contributed by atoms with Crippen LogP contribution >= 0.6 is 11.8 Å². The van der Waals surface area contributed by atoms with E-state index in [0.717, 1.165) is 4.90 Å². The van der Waals surface area contributed by atoms with Gasteiger partial charge in [0.1, 0.15) is 5.25 Å². The predicted octanol–water partition coefficient (Wildman–Crippen LogP) is 1.29. The van der Waals surface area contributed by atoms with Gasteiger partial charge in [-0.3, -0.25) is 14.9 Å². The fourth-order valence-corrected chi connectivity index (χ4v) is 2.17. The lowest BCUT2D eigenvalue weighted by Crippen LogP contribution is -2.42. The van der Waals surface area contributed by atoms with Crippen molar-refractivity contribution in [3.8, 4) is 0 Å². The van der Waals surface area contributed by atoms with E-state index in [2.05, 4.69) is 0 Å². The van der Waals surface area contributed by atoms with Gasteiger partial charge in [0.2, 0.25) is 0 Å². The lowest BCUT2D eigenvalue weighted by Gasteiger charge is -2.15. The monoisotopic (exact) mass is 296 g/mol. The average Bonchev–Trinajstić information content (AvgIpc) is 2.38. The molecule has 2 atom stereocenters. The third-order valence-corrected chi connectivity index (χ3v) is 3.39. The number of thioether (sulfide) groups is 1. The smallest absolute Gasteiger partial charge is 0.319 e. The molecule has 7 heteroatoms. The standard InChI is InChI=1S/C13H16N2O4S/c1-8(11(16)15-13(14)18)19-12(17)9(2)20-10-6-4-3-5-7-10/h3-9H,1-2H3,(H3,14,15,16,18)/t8-,9+/m0/s1. The third-order valence-electron chi connectivity index (χ3n) is 2.30. The van der Waals surface area contributed by atoms with Gasteiger partial charge in [0.15, 0.2) is 6.10 Å². The van der Waals surface area contributed by atoms with E-state index in [-0.39, 0.29) is 0 Å². The molecule has 0 saturated heterocycles. The van der Waals surface area contributed by atoms with Crippen LogP contribution in [0.4, 0.5) is 4.79 Å². The third kappa shape index (κ3) is 5.31. The van der Waals surface area contributed by atoms with Crippen LogP contribution in [0.2, 0.25) is 0 Å². The minimum Gasteiger partial charge on any atom is -0.452 e. The Hall–Kier alpha value is -2.02. The molecule has 0 heterocycles. The van der Waals surface area contributed by atoms with Crippen molar-refractivity contribution < 1.29 is 19.1 Å². The number of hydrogen-bond acceptors (Lipinski definition) is 5. The number of esters is 1. The van der Waals surface area contributed by atoms with E-state index >= 15 is 0 Å². The average molecular weight is 296 g/mol. The van der Waals surface area contributed by atoms with Crippen molar-refractivity contribution in [2.45, 2.75) is 30.1 Å². The number of nitrogens with two attached hydrogens (primary N) is 1. The minimum absolute atomic E-state index is 0.471. The highest BCUT2D eigenvalue weighted by Crippen LogP contribution is 2.23. The zero-order valence-electron chi connectivity index (χ0n) is 11.2. The molecule has 1 aromatic carbocycles. The highest BCUT2D eigenvalue weighted by Gasteiger charge is 2.23. The lowest BCUT2D eigenvalue weighted by molar-refractivity contribution is -0.153. The van der Waals surface area contributed by atoms with Gasteiger partial charge in [0.25, 0.3) is 5.91 Å². The van der Waals surface area contributed by atoms with Crippen molar-refractivity contribution in [2.75, 3.05) is 0 Å². The number of carbonyl (C=O) groups excluding carboxylic acids is 3. The number of hydrogen-bond donors (Lipinski definition) is 2. The number of urea groups is 1. The Bertz CT molecular complexity index is 492. The number of benzene rings is 1. The molecular weight excluding hydrogens is 280 g/mol. The van der Waals surface area contributed by atoms with Crippen molar-refractivity contribution in [1.29, 1.82) is 0 Å². The van der Waals surface area contributed by atoms with Crippen molar-refractivity contribution in [2.24, 2.45) is 5.73 Å². The summed E-state index contributed by atoms with van der Waals surface area (Å²) in [7, 11) is 0. The van der Waals surface area contributed by atoms with E-state index in [4.69, 9.17) is 10.5 Å². The molecule has 20 heavy (non-hydrogen) atoms. The number of amides is 3. The quantitative estimate of drug-likeness (QED) is 0.630. The Morgan fingerprint density at radius 2 is 1.80 bits per heavy atom. The van der Waals surface area contributed by atoms with Gasteiger partial charge in [-0.25, -0.2) is 4.79 Å². The van der Waals surface area contributed by atoms with Crippen LogP contribution in [0.1, 0.15) is 13.8 Å². The summed E-state index contributed by atoms with van der Waals surface area (Å²) in [5.74, 6) is -1.28. The maximum Gasteiger partial charge on any atom is 0.319 e. The maximum atomic E-state index is 11.8. The molecule has 6 nitrogen and oxygen atoms in total. The van der Waals surface area contributed by atoms with Crippen LogP contribution in [0.15, 0.2) is 35.2 Å². The van der Waals surface area contributed by atoms with Crippen molar-refractivity contribution in [3.63, 3.8) is 0 Å². The molecule has 3 amide bonds. The molecule has 0 aliphatic carbocycles. The van der Waals surface area contributed by atoms with Gasteiger partial charge < -0.3 is 10.5 Å². The van der Waals surface area contributed by atoms with Crippen LogP contribution in [0.3, 0.4) is 0 Å². The highest BCUT2D eigenvalue weighted by molar-refractivity contribution is 8.00. The molecular formula is C13H16N2O4S. The molecule has 1 aromatic rings. The lowest BCUT2D eigenvalue weighted by atomic mass is 10.3. The summed E-state index contributed by atoms with van der Waals surface area (Å²) in [5, 5.41) is 1.38. The van der Waals surface area contributed by atoms with Crippen LogP contribution in [-0.4, -0.2) is 29.3 Å². The molecule has 0 saturated carbocycles. The largest absolute Gasteiger partial charge is 0.452 e. The molecule has 3 N–H and O–H groups in total. The number of nitrogens with one attached hydrogen (secondary N) is 1. The summed E-state index contributed by atoms with van der Waals surface area (Å²) in [5.41, 5.74) is 4.81. The van der Waals surface area contributed by atoms with E-state index in [1.165, 1.54) is 18.7 Å². The van der Waals surface area contributed by atoms with Crippen LogP contribution in [0.5, 0.6) is 0 Å². The Kier molecular flexibility index (Phi) is 6.05. The number of ether oxygens (including phenoxy) is 1. The van der Waals surface area contributed by atoms with E-state index < -0.39 is 29.3 Å². The molecule has 108 valence electrons. The molecule has 0 bridgehead atoms. The zero-order valence-corrected chi connectivity index (χ0v) is 12.0. The van der Waals surface area contributed by atoms with Crippen LogP contribution < -0.4 is 11.1 Å². The Morgan fingerprint density at radius 1 is 1.20 bits per heavy atom. The van der Waals surface area contributed by atoms with Gasteiger partial charge in [0.05, 0.1) is 0 Å². The van der Waals surface area contributed by atoms with Crippen LogP contribution in [-0.2, 0) is 14.3 Å². The molecule has 0 aliphatic rings. The summed E-state index contributed by atoms with van der Waals surface area (Å²) in [6, 6.07) is 8.37. The fourth-order valence-electron chi connectivity index (χ4n) is 1.30. The Balaban J connectivity index is 2.49. The Labute approximate surface area is 121 Å². The second kappa shape index (κ2) is 7.54. The van der Waals surface area contributed by atoms with E-state index in [9.17, 15) is 14.4 Å². The molecule has 0 radical (unpaired) electrons. The zero-order chi connectivity index (χ0) is 15.1. The molecule has 0 aromatic heterocycles. The summed E-state index contributed by atoms with van der Waals surface area (Å²) in [6.45, 7) is 3.05. The fraction of sp³-hybridized carbons (Fsp3) is 0.308. The van der Waals surface area contributed by atoms with Crippen molar-refractivity contribution in [3.05, 3.63) is 30.3 Å². The summed E-state index contributed by atoms with van der Waals surface area (Å²) in [6.07, 6.45) is -1.08. The second-order valence-corrected chi connectivity index (χ2v) is 5.42. The number of primary amides is 1. The molecule has 0 unspecified atom stereocenters. The summed E-state index contributed by atoms with van der Waals surface area (Å²) >= 11 is 1.32. The summed E-state index contributed by atoms with van der Waals surface area (Å²) in [4.78, 5) is 34.6. The first-order valence-corrected chi connectivity index (χ1v) is 6.80. The molecule has 0 fully saturated rings. The van der Waals surface area contributed by atoms with Gasteiger partial charge in [-0.05, 0) is 26.0 Å². The maximum absolute atomic E-state index is 11.8. The number of carbonyl (C=O) groups is 3. The first-order valence-electron chi connectivity index (χ1n) is 5.92. The van der Waals surface area contributed by atoms with E-state index in [1.54, 1.807) is 6.92 Å². The van der Waals surface area contributed by atoms with Crippen molar-refractivity contribution >= 4 is 29.7 Å². The second-order valence-electron chi connectivity index (χ2n) is 4.01. The topological polar surface area (TPSA) is 98.5 Å². The van der Waals surface area contributed by atoms with Gasteiger partial charge >= 0.3 is 12.0 Å². The SMILES string of the molecule is C[C@H](OC(=O)[C@@H](C)Sc1ccccc1)C(=O)NC(N)=O. The first-order chi connectivity index (χ1) is 9.40. The first kappa shape index (κ1) is 16.0.